The molecule has 0 aromatic carbocycles. The van der Waals surface area contributed by atoms with Crippen LogP contribution in [-0.2, 0) is 17.1 Å². The van der Waals surface area contributed by atoms with Crippen molar-refractivity contribution in [2.24, 2.45) is 0 Å². The van der Waals surface area contributed by atoms with Crippen LogP contribution >= 0.6 is 0 Å². The second-order valence-electron chi connectivity index (χ2n) is 2.67. The maximum Gasteiger partial charge on any atom is 2.00 e. The molecule has 0 aliphatic carbocycles. The number of guanidine groups is 1. The summed E-state index contributed by atoms with van der Waals surface area (Å²) in [6, 6.07) is 0. The molecule has 4 heteroatoms. The fourth-order valence-electron chi connectivity index (χ4n) is 1.25. The van der Waals surface area contributed by atoms with Crippen molar-refractivity contribution >= 4 is 5.96 Å². The number of hydrogen-bond acceptors (Lipinski definition) is 1. The predicted octanol–water partition coefficient (Wildman–Crippen LogP) is 1.60. The molecule has 0 amide bonds. The molecule has 0 aromatic rings. The zero-order valence-electron chi connectivity index (χ0n) is 9.08. The molecule has 0 atom stereocenters. The van der Waals surface area contributed by atoms with Gasteiger partial charge in [0.05, 0.1) is 0 Å². The van der Waals surface area contributed by atoms with Crippen LogP contribution in [0.15, 0.2) is 0 Å². The Kier molecular flexibility index (Phi) is 9.86. The predicted molar refractivity (Wildman–Crippen MR) is 53.6 cm³/mol. The Morgan fingerprint density at radius 3 is 1.23 bits per heavy atom. The minimum atomic E-state index is 0. The van der Waals surface area contributed by atoms with E-state index >= 15 is 0 Å². The number of hydrogen-bond donors (Lipinski definition) is 1. The molecule has 78 valence electrons. The topological polar surface area (TPSA) is 30.3 Å². The number of rotatable bonds is 4. The van der Waals surface area contributed by atoms with Gasteiger partial charge in [-0.25, -0.2) is 0 Å². The Hall–Kier alpha value is -0.211. The fraction of sp³-hybridized carbons (Fsp3) is 0.889. The first-order valence-corrected chi connectivity index (χ1v) is 4.79. The monoisotopic (exact) mass is 227 g/mol. The third-order valence-corrected chi connectivity index (χ3v) is 2.13. The maximum atomic E-state index is 7.86. The van der Waals surface area contributed by atoms with Crippen molar-refractivity contribution in [3.63, 3.8) is 0 Å². The van der Waals surface area contributed by atoms with Crippen LogP contribution < -0.4 is 0 Å². The first-order chi connectivity index (χ1) is 5.71. The van der Waals surface area contributed by atoms with Gasteiger partial charge < -0.3 is 9.80 Å². The van der Waals surface area contributed by atoms with Crippen molar-refractivity contribution in [2.45, 2.75) is 27.7 Å². The smallest absolute Gasteiger partial charge is 0.344 e. The van der Waals surface area contributed by atoms with Crippen molar-refractivity contribution in [3.05, 3.63) is 0 Å². The minimum absolute atomic E-state index is 0. The third-order valence-electron chi connectivity index (χ3n) is 2.13. The fourth-order valence-corrected chi connectivity index (χ4v) is 1.25. The maximum absolute atomic E-state index is 7.86. The summed E-state index contributed by atoms with van der Waals surface area (Å²) < 4.78 is 0. The molecule has 0 bridgehead atoms. The zero-order valence-corrected chi connectivity index (χ0v) is 10.2. The average molecular weight is 227 g/mol. The minimum Gasteiger partial charge on any atom is -0.344 e. The van der Waals surface area contributed by atoms with Gasteiger partial charge in [-0.1, -0.05) is 0 Å². The van der Waals surface area contributed by atoms with E-state index in [1.54, 1.807) is 0 Å². The van der Waals surface area contributed by atoms with Gasteiger partial charge in [0.25, 0.3) is 0 Å². The van der Waals surface area contributed by atoms with Gasteiger partial charge >= 0.3 is 17.1 Å². The molecule has 0 saturated carbocycles. The molecule has 1 N–H and O–H groups in total. The van der Waals surface area contributed by atoms with E-state index in [4.69, 9.17) is 5.41 Å². The van der Waals surface area contributed by atoms with Crippen LogP contribution in [0.2, 0.25) is 0 Å². The van der Waals surface area contributed by atoms with Crippen LogP contribution in [0.3, 0.4) is 0 Å². The van der Waals surface area contributed by atoms with Gasteiger partial charge in [-0.3, -0.25) is 5.41 Å². The largest absolute Gasteiger partial charge is 2.00 e. The molecular formula is C9H21FeN3+2. The van der Waals surface area contributed by atoms with Crippen LogP contribution in [0.4, 0.5) is 0 Å². The van der Waals surface area contributed by atoms with Crippen molar-refractivity contribution in [1.82, 2.24) is 9.80 Å². The molecule has 0 aliphatic heterocycles. The van der Waals surface area contributed by atoms with E-state index in [2.05, 4.69) is 37.5 Å². The molecule has 3 nitrogen and oxygen atoms in total. The van der Waals surface area contributed by atoms with E-state index in [9.17, 15) is 0 Å². The molecule has 0 radical (unpaired) electrons. The molecule has 0 unspecified atom stereocenters. The Bertz CT molecular complexity index is 117. The molecule has 0 aromatic heterocycles. The van der Waals surface area contributed by atoms with Gasteiger partial charge in [0, 0.05) is 26.2 Å². The Labute approximate surface area is 92.5 Å². The summed E-state index contributed by atoms with van der Waals surface area (Å²) >= 11 is 0. The standard InChI is InChI=1S/C9H21N3.Fe/c1-5-11(6-2)9(10)12(7-3)8-4;/h10H,5-8H2,1-4H3;/q;+2. The van der Waals surface area contributed by atoms with Crippen molar-refractivity contribution in [2.75, 3.05) is 26.2 Å². The van der Waals surface area contributed by atoms with Gasteiger partial charge in [-0.05, 0) is 27.7 Å². The molecule has 0 aliphatic rings. The van der Waals surface area contributed by atoms with Gasteiger partial charge in [-0.2, -0.15) is 0 Å². The van der Waals surface area contributed by atoms with Crippen molar-refractivity contribution in [1.29, 1.82) is 5.41 Å². The first kappa shape index (κ1) is 15.3. The van der Waals surface area contributed by atoms with Crippen LogP contribution in [-0.4, -0.2) is 41.9 Å². The van der Waals surface area contributed by atoms with E-state index in [-0.39, 0.29) is 17.1 Å². The zero-order chi connectivity index (χ0) is 9.56. The molecule has 0 rings (SSSR count). The van der Waals surface area contributed by atoms with E-state index < -0.39 is 0 Å². The summed E-state index contributed by atoms with van der Waals surface area (Å²) in [5.74, 6) is 0.657. The summed E-state index contributed by atoms with van der Waals surface area (Å²) in [5, 5.41) is 7.86. The van der Waals surface area contributed by atoms with E-state index in [1.165, 1.54) is 0 Å². The second-order valence-corrected chi connectivity index (χ2v) is 2.67. The summed E-state index contributed by atoms with van der Waals surface area (Å²) in [7, 11) is 0. The Balaban J connectivity index is 0. The molecule has 0 saturated heterocycles. The van der Waals surface area contributed by atoms with Gasteiger partial charge in [0.1, 0.15) is 0 Å². The van der Waals surface area contributed by atoms with Crippen LogP contribution in [0.5, 0.6) is 0 Å². The van der Waals surface area contributed by atoms with Crippen molar-refractivity contribution < 1.29 is 17.1 Å². The summed E-state index contributed by atoms with van der Waals surface area (Å²) in [6.45, 7) is 12.0. The molecule has 13 heavy (non-hydrogen) atoms. The van der Waals surface area contributed by atoms with Gasteiger partial charge in [-0.15, -0.1) is 0 Å². The van der Waals surface area contributed by atoms with E-state index in [0.29, 0.717) is 5.96 Å². The van der Waals surface area contributed by atoms with Crippen LogP contribution in [0.1, 0.15) is 27.7 Å². The summed E-state index contributed by atoms with van der Waals surface area (Å²) in [5.41, 5.74) is 0. The summed E-state index contributed by atoms with van der Waals surface area (Å²) in [4.78, 5) is 4.12. The van der Waals surface area contributed by atoms with E-state index in [0.717, 1.165) is 26.2 Å². The molecular weight excluding hydrogens is 206 g/mol. The Morgan fingerprint density at radius 1 is 0.846 bits per heavy atom. The molecule has 0 fully saturated rings. The number of nitrogens with zero attached hydrogens (tertiary/aromatic N) is 2. The normalized spacial score (nSPS) is 8.92. The SMILES string of the molecule is CCN(CC)C(=N)N(CC)CC.[Fe+2]. The van der Waals surface area contributed by atoms with Gasteiger partial charge in [0.15, 0.2) is 5.96 Å². The first-order valence-electron chi connectivity index (χ1n) is 4.79. The quantitative estimate of drug-likeness (QED) is 0.449. The summed E-state index contributed by atoms with van der Waals surface area (Å²) in [6.07, 6.45) is 0. The van der Waals surface area contributed by atoms with Crippen LogP contribution in [0, 0.1) is 5.41 Å². The molecule has 0 heterocycles. The van der Waals surface area contributed by atoms with Crippen LogP contribution in [0.25, 0.3) is 0 Å². The molecule has 0 spiro atoms. The van der Waals surface area contributed by atoms with Crippen molar-refractivity contribution in [3.8, 4) is 0 Å². The van der Waals surface area contributed by atoms with E-state index in [1.807, 2.05) is 0 Å². The Morgan fingerprint density at radius 2 is 1.08 bits per heavy atom. The third kappa shape index (κ3) is 4.53. The second kappa shape index (κ2) is 8.39. The van der Waals surface area contributed by atoms with Gasteiger partial charge in [0.2, 0.25) is 0 Å². The number of nitrogens with one attached hydrogen (secondary N) is 1. The average Bonchev–Trinajstić information content (AvgIpc) is 2.09.